The van der Waals surface area contributed by atoms with Gasteiger partial charge in [0, 0.05) is 12.6 Å². The van der Waals surface area contributed by atoms with Gasteiger partial charge in [-0.05, 0) is 19.3 Å². The summed E-state index contributed by atoms with van der Waals surface area (Å²) in [6.07, 6.45) is 3.21. The average Bonchev–Trinajstić information content (AvgIpc) is 2.66. The molecule has 68 valence electrons. The molecule has 2 amide bonds. The number of carbonyl (C=O) groups is 1. The van der Waals surface area contributed by atoms with Crippen LogP contribution in [0.4, 0.5) is 4.79 Å². The topological polar surface area (TPSA) is 50.4 Å². The molecule has 0 aromatic rings. The van der Waals surface area contributed by atoms with Crippen LogP contribution >= 0.6 is 0 Å². The van der Waals surface area contributed by atoms with Crippen LogP contribution in [-0.4, -0.2) is 31.3 Å². The summed E-state index contributed by atoms with van der Waals surface area (Å²) in [7, 11) is 0. The van der Waals surface area contributed by atoms with E-state index >= 15 is 0 Å². The molecule has 0 aromatic heterocycles. The fourth-order valence-corrected chi connectivity index (χ4v) is 1.29. The Morgan fingerprint density at radius 1 is 1.17 bits per heavy atom. The lowest BCUT2D eigenvalue weighted by Crippen LogP contribution is -2.43. The molecule has 0 radical (unpaired) electrons. The van der Waals surface area contributed by atoms with Gasteiger partial charge in [0.05, 0.1) is 12.6 Å². The van der Waals surface area contributed by atoms with Crippen LogP contribution in [0.1, 0.15) is 19.3 Å². The third-order valence-corrected chi connectivity index (χ3v) is 2.18. The molecule has 0 spiro atoms. The van der Waals surface area contributed by atoms with Gasteiger partial charge in [-0.25, -0.2) is 4.79 Å². The largest absolute Gasteiger partial charge is 0.379 e. The summed E-state index contributed by atoms with van der Waals surface area (Å²) in [5, 5.41) is 5.75. The minimum Gasteiger partial charge on any atom is -0.379 e. The van der Waals surface area contributed by atoms with E-state index in [0.29, 0.717) is 12.6 Å². The molecule has 2 N–H and O–H groups in total. The first-order valence-electron chi connectivity index (χ1n) is 4.49. The van der Waals surface area contributed by atoms with Crippen molar-refractivity contribution < 1.29 is 9.53 Å². The van der Waals surface area contributed by atoms with E-state index in [9.17, 15) is 4.79 Å². The van der Waals surface area contributed by atoms with Crippen LogP contribution in [0.2, 0.25) is 0 Å². The molecule has 2 aliphatic rings. The van der Waals surface area contributed by atoms with E-state index in [1.54, 1.807) is 0 Å². The van der Waals surface area contributed by atoms with Crippen LogP contribution in [0.5, 0.6) is 0 Å². The Kier molecular flexibility index (Phi) is 2.17. The molecule has 0 aromatic carbocycles. The van der Waals surface area contributed by atoms with Crippen molar-refractivity contribution in [2.75, 3.05) is 13.2 Å². The lowest BCUT2D eigenvalue weighted by atomic mass is 10.3. The second kappa shape index (κ2) is 3.31. The SMILES string of the molecule is O=C(NC1CC1)NC1CCOC1. The summed E-state index contributed by atoms with van der Waals surface area (Å²) in [6, 6.07) is 0.629. The number of urea groups is 1. The van der Waals surface area contributed by atoms with Gasteiger partial charge >= 0.3 is 6.03 Å². The predicted octanol–water partition coefficient (Wildman–Crippen LogP) is 0.237. The zero-order chi connectivity index (χ0) is 8.39. The third-order valence-electron chi connectivity index (χ3n) is 2.18. The second-order valence-electron chi connectivity index (χ2n) is 3.45. The first-order valence-corrected chi connectivity index (χ1v) is 4.49. The van der Waals surface area contributed by atoms with E-state index < -0.39 is 0 Å². The normalized spacial score (nSPS) is 28.5. The number of carbonyl (C=O) groups excluding carboxylic acids is 1. The molecule has 1 atom stereocenters. The molecule has 1 saturated heterocycles. The molecule has 1 heterocycles. The second-order valence-corrected chi connectivity index (χ2v) is 3.45. The molecule has 12 heavy (non-hydrogen) atoms. The van der Waals surface area contributed by atoms with E-state index in [1.165, 1.54) is 0 Å². The molecule has 1 aliphatic carbocycles. The van der Waals surface area contributed by atoms with E-state index in [4.69, 9.17) is 4.74 Å². The first kappa shape index (κ1) is 7.86. The Morgan fingerprint density at radius 3 is 2.50 bits per heavy atom. The van der Waals surface area contributed by atoms with Crippen LogP contribution < -0.4 is 10.6 Å². The number of ether oxygens (including phenoxy) is 1. The van der Waals surface area contributed by atoms with Crippen molar-refractivity contribution in [2.45, 2.75) is 31.3 Å². The summed E-state index contributed by atoms with van der Waals surface area (Å²) in [5.41, 5.74) is 0. The molecular formula is C8H14N2O2. The highest BCUT2D eigenvalue weighted by Gasteiger charge is 2.25. The van der Waals surface area contributed by atoms with Crippen LogP contribution in [-0.2, 0) is 4.74 Å². The van der Waals surface area contributed by atoms with E-state index in [0.717, 1.165) is 25.9 Å². The Bertz CT molecular complexity index is 174. The summed E-state index contributed by atoms with van der Waals surface area (Å²) < 4.78 is 5.14. The molecule has 2 rings (SSSR count). The summed E-state index contributed by atoms with van der Waals surface area (Å²) in [6.45, 7) is 1.44. The van der Waals surface area contributed by atoms with Crippen molar-refractivity contribution in [1.82, 2.24) is 10.6 Å². The van der Waals surface area contributed by atoms with Gasteiger partial charge in [0.15, 0.2) is 0 Å². The average molecular weight is 170 g/mol. The van der Waals surface area contributed by atoms with Gasteiger partial charge in [0.1, 0.15) is 0 Å². The fraction of sp³-hybridized carbons (Fsp3) is 0.875. The van der Waals surface area contributed by atoms with Gasteiger partial charge in [0.2, 0.25) is 0 Å². The molecule has 1 saturated carbocycles. The van der Waals surface area contributed by atoms with E-state index in [-0.39, 0.29) is 12.1 Å². The van der Waals surface area contributed by atoms with Crippen molar-refractivity contribution >= 4 is 6.03 Å². The standard InChI is InChI=1S/C8H14N2O2/c11-8(9-6-1-2-6)10-7-3-4-12-5-7/h6-7H,1-5H2,(H2,9,10,11). The van der Waals surface area contributed by atoms with Crippen LogP contribution in [0.25, 0.3) is 0 Å². The minimum absolute atomic E-state index is 0.0343. The summed E-state index contributed by atoms with van der Waals surface area (Å²) in [5.74, 6) is 0. The van der Waals surface area contributed by atoms with Crippen molar-refractivity contribution in [2.24, 2.45) is 0 Å². The monoisotopic (exact) mass is 170 g/mol. The third kappa shape index (κ3) is 2.11. The van der Waals surface area contributed by atoms with E-state index in [2.05, 4.69) is 10.6 Å². The quantitative estimate of drug-likeness (QED) is 0.623. The van der Waals surface area contributed by atoms with Crippen molar-refractivity contribution in [1.29, 1.82) is 0 Å². The molecule has 4 heteroatoms. The molecule has 4 nitrogen and oxygen atoms in total. The highest BCUT2D eigenvalue weighted by Crippen LogP contribution is 2.18. The smallest absolute Gasteiger partial charge is 0.315 e. The van der Waals surface area contributed by atoms with Crippen molar-refractivity contribution in [3.05, 3.63) is 0 Å². The summed E-state index contributed by atoms with van der Waals surface area (Å²) >= 11 is 0. The minimum atomic E-state index is -0.0343. The Hall–Kier alpha value is -0.770. The first-order chi connectivity index (χ1) is 5.84. The molecule has 1 aliphatic heterocycles. The lowest BCUT2D eigenvalue weighted by Gasteiger charge is -2.10. The van der Waals surface area contributed by atoms with Crippen LogP contribution in [0, 0.1) is 0 Å². The number of hydrogen-bond acceptors (Lipinski definition) is 2. The fourth-order valence-electron chi connectivity index (χ4n) is 1.29. The maximum Gasteiger partial charge on any atom is 0.315 e. The Labute approximate surface area is 71.7 Å². The number of hydrogen-bond donors (Lipinski definition) is 2. The van der Waals surface area contributed by atoms with Gasteiger partial charge in [-0.1, -0.05) is 0 Å². The number of nitrogens with one attached hydrogen (secondary N) is 2. The number of amides is 2. The Balaban J connectivity index is 1.66. The van der Waals surface area contributed by atoms with Gasteiger partial charge in [-0.3, -0.25) is 0 Å². The zero-order valence-corrected chi connectivity index (χ0v) is 7.01. The molecule has 2 fully saturated rings. The maximum atomic E-state index is 11.2. The van der Waals surface area contributed by atoms with E-state index in [1.807, 2.05) is 0 Å². The van der Waals surface area contributed by atoms with Crippen LogP contribution in [0.3, 0.4) is 0 Å². The lowest BCUT2D eigenvalue weighted by molar-refractivity contribution is 0.188. The van der Waals surface area contributed by atoms with Crippen molar-refractivity contribution in [3.63, 3.8) is 0 Å². The highest BCUT2D eigenvalue weighted by molar-refractivity contribution is 5.74. The molecule has 0 bridgehead atoms. The Morgan fingerprint density at radius 2 is 1.92 bits per heavy atom. The van der Waals surface area contributed by atoms with Crippen LogP contribution in [0.15, 0.2) is 0 Å². The molecular weight excluding hydrogens is 156 g/mol. The van der Waals surface area contributed by atoms with Gasteiger partial charge < -0.3 is 15.4 Å². The maximum absolute atomic E-state index is 11.2. The predicted molar refractivity (Wildman–Crippen MR) is 43.9 cm³/mol. The van der Waals surface area contributed by atoms with Gasteiger partial charge in [0.25, 0.3) is 0 Å². The summed E-state index contributed by atoms with van der Waals surface area (Å²) in [4.78, 5) is 11.2. The zero-order valence-electron chi connectivity index (χ0n) is 7.01. The van der Waals surface area contributed by atoms with Gasteiger partial charge in [-0.2, -0.15) is 0 Å². The molecule has 1 unspecified atom stereocenters. The van der Waals surface area contributed by atoms with Gasteiger partial charge in [-0.15, -0.1) is 0 Å². The number of rotatable bonds is 2. The highest BCUT2D eigenvalue weighted by atomic mass is 16.5. The van der Waals surface area contributed by atoms with Crippen molar-refractivity contribution in [3.8, 4) is 0 Å².